The molecule has 34 heavy (non-hydrogen) atoms. The number of aromatic nitrogens is 3. The van der Waals surface area contributed by atoms with Gasteiger partial charge in [-0.3, -0.25) is 4.98 Å². The van der Waals surface area contributed by atoms with E-state index in [2.05, 4.69) is 27.5 Å². The number of hydrogen-bond acceptors (Lipinski definition) is 8. The van der Waals surface area contributed by atoms with Gasteiger partial charge in [0.05, 0.1) is 35.7 Å². The van der Waals surface area contributed by atoms with Gasteiger partial charge in [-0.15, -0.1) is 0 Å². The molecule has 0 spiro atoms. The van der Waals surface area contributed by atoms with Gasteiger partial charge in [0.2, 0.25) is 0 Å². The molecule has 0 saturated carbocycles. The van der Waals surface area contributed by atoms with E-state index in [0.717, 1.165) is 32.5 Å². The van der Waals surface area contributed by atoms with E-state index in [1.54, 1.807) is 18.5 Å². The summed E-state index contributed by atoms with van der Waals surface area (Å²) in [5.74, 6) is 0.360. The number of hydrogen-bond donors (Lipinski definition) is 2. The van der Waals surface area contributed by atoms with E-state index >= 15 is 4.39 Å². The van der Waals surface area contributed by atoms with Crippen LogP contribution in [0.15, 0.2) is 36.7 Å². The Hall–Kier alpha value is -2.88. The van der Waals surface area contributed by atoms with Crippen molar-refractivity contribution in [2.75, 3.05) is 62.8 Å². The standard InChI is InChI=1S/C25H31FN6O2/c1-2-25(16-27-8-12-34-25)17-30-24-23-21(28-6-7-29-23)15-20(31-24)18-4-5-22(19(26)14-18)32-9-3-11-33-13-10-32/h4-7,14-15,27H,2-3,8-13,16-17H2,1H3,(H,30,31)/t25-/m1/s1. The Kier molecular flexibility index (Phi) is 6.85. The lowest BCUT2D eigenvalue weighted by Gasteiger charge is -2.37. The second-order valence-electron chi connectivity index (χ2n) is 8.81. The number of nitrogens with zero attached hydrogens (tertiary/aromatic N) is 4. The molecule has 0 radical (unpaired) electrons. The highest BCUT2D eigenvalue weighted by Crippen LogP contribution is 2.30. The highest BCUT2D eigenvalue weighted by molar-refractivity contribution is 5.88. The average Bonchev–Trinajstić information content (AvgIpc) is 3.17. The highest BCUT2D eigenvalue weighted by Gasteiger charge is 2.31. The zero-order valence-electron chi connectivity index (χ0n) is 19.5. The Labute approximate surface area is 198 Å². The molecule has 0 amide bonds. The summed E-state index contributed by atoms with van der Waals surface area (Å²) in [4.78, 5) is 15.8. The van der Waals surface area contributed by atoms with E-state index in [-0.39, 0.29) is 11.4 Å². The molecule has 1 aromatic carbocycles. The van der Waals surface area contributed by atoms with Crippen LogP contribution in [0.4, 0.5) is 15.9 Å². The molecule has 1 atom stereocenters. The lowest BCUT2D eigenvalue weighted by molar-refractivity contribution is -0.0584. The van der Waals surface area contributed by atoms with Gasteiger partial charge in [0.1, 0.15) is 11.3 Å². The Morgan fingerprint density at radius 1 is 1.15 bits per heavy atom. The first-order valence-corrected chi connectivity index (χ1v) is 12.0. The predicted octanol–water partition coefficient (Wildman–Crippen LogP) is 3.24. The summed E-state index contributed by atoms with van der Waals surface area (Å²) in [5.41, 5.74) is 3.02. The molecule has 0 aliphatic carbocycles. The van der Waals surface area contributed by atoms with Crippen LogP contribution in [0.2, 0.25) is 0 Å². The van der Waals surface area contributed by atoms with E-state index in [1.165, 1.54) is 0 Å². The third kappa shape index (κ3) is 4.82. The molecule has 2 saturated heterocycles. The molecule has 4 heterocycles. The lowest BCUT2D eigenvalue weighted by atomic mass is 9.99. The number of ether oxygens (including phenoxy) is 2. The van der Waals surface area contributed by atoms with Gasteiger partial charge in [0, 0.05) is 57.3 Å². The van der Waals surface area contributed by atoms with Crippen LogP contribution in [0.1, 0.15) is 19.8 Å². The average molecular weight is 467 g/mol. The Morgan fingerprint density at radius 2 is 2.06 bits per heavy atom. The summed E-state index contributed by atoms with van der Waals surface area (Å²) in [6.07, 6.45) is 5.06. The van der Waals surface area contributed by atoms with E-state index in [0.29, 0.717) is 66.7 Å². The number of nitrogens with one attached hydrogen (secondary N) is 2. The van der Waals surface area contributed by atoms with Gasteiger partial charge < -0.3 is 25.0 Å². The number of morpholine rings is 1. The zero-order chi connectivity index (χ0) is 23.4. The molecule has 0 unspecified atom stereocenters. The normalized spacial score (nSPS) is 21.4. The summed E-state index contributed by atoms with van der Waals surface area (Å²) in [6, 6.07) is 7.16. The Bertz CT molecular complexity index is 1130. The van der Waals surface area contributed by atoms with Crippen LogP contribution in [0, 0.1) is 5.82 Å². The second-order valence-corrected chi connectivity index (χ2v) is 8.81. The molecule has 0 bridgehead atoms. The fourth-order valence-electron chi connectivity index (χ4n) is 4.57. The van der Waals surface area contributed by atoms with Crippen molar-refractivity contribution in [2.24, 2.45) is 0 Å². The highest BCUT2D eigenvalue weighted by atomic mass is 19.1. The number of fused-ring (bicyclic) bond motifs is 1. The lowest BCUT2D eigenvalue weighted by Crippen LogP contribution is -2.53. The van der Waals surface area contributed by atoms with Gasteiger partial charge in [0.15, 0.2) is 5.82 Å². The van der Waals surface area contributed by atoms with E-state index in [9.17, 15) is 0 Å². The van der Waals surface area contributed by atoms with Crippen LogP contribution < -0.4 is 15.5 Å². The van der Waals surface area contributed by atoms with Crippen molar-refractivity contribution in [1.82, 2.24) is 20.3 Å². The molecule has 3 aromatic rings. The first-order valence-electron chi connectivity index (χ1n) is 12.0. The SMILES string of the molecule is CC[C@]1(CNc2nc(-c3ccc(N4CCCOCC4)c(F)c3)cc3nccnc23)CNCCO1. The van der Waals surface area contributed by atoms with Crippen molar-refractivity contribution in [1.29, 1.82) is 0 Å². The molecule has 5 rings (SSSR count). The van der Waals surface area contributed by atoms with Crippen LogP contribution in [0.3, 0.4) is 0 Å². The van der Waals surface area contributed by atoms with Crippen LogP contribution in [0.25, 0.3) is 22.3 Å². The molecule has 9 heteroatoms. The van der Waals surface area contributed by atoms with Crippen LogP contribution in [-0.4, -0.2) is 73.1 Å². The molecule has 2 aliphatic heterocycles. The summed E-state index contributed by atoms with van der Waals surface area (Å²) < 4.78 is 26.8. The zero-order valence-corrected chi connectivity index (χ0v) is 19.5. The summed E-state index contributed by atoms with van der Waals surface area (Å²) in [5, 5.41) is 6.86. The van der Waals surface area contributed by atoms with Crippen molar-refractivity contribution in [3.05, 3.63) is 42.5 Å². The summed E-state index contributed by atoms with van der Waals surface area (Å²) in [6.45, 7) is 7.81. The van der Waals surface area contributed by atoms with Crippen molar-refractivity contribution in [3.63, 3.8) is 0 Å². The number of pyridine rings is 1. The number of anilines is 2. The van der Waals surface area contributed by atoms with E-state index in [1.807, 2.05) is 23.1 Å². The molecule has 2 aromatic heterocycles. The predicted molar refractivity (Wildman–Crippen MR) is 131 cm³/mol. The van der Waals surface area contributed by atoms with Crippen LogP contribution >= 0.6 is 0 Å². The molecular formula is C25H31FN6O2. The molecule has 2 aliphatic rings. The second kappa shape index (κ2) is 10.2. The maximum Gasteiger partial charge on any atom is 0.155 e. The Morgan fingerprint density at radius 3 is 2.88 bits per heavy atom. The van der Waals surface area contributed by atoms with Crippen molar-refractivity contribution < 1.29 is 13.9 Å². The topological polar surface area (TPSA) is 84.4 Å². The smallest absolute Gasteiger partial charge is 0.155 e. The van der Waals surface area contributed by atoms with Gasteiger partial charge in [-0.25, -0.2) is 14.4 Å². The van der Waals surface area contributed by atoms with Gasteiger partial charge in [-0.05, 0) is 31.0 Å². The third-order valence-electron chi connectivity index (χ3n) is 6.62. The minimum Gasteiger partial charge on any atom is -0.380 e. The first kappa shape index (κ1) is 22.9. The maximum absolute atomic E-state index is 15.2. The number of rotatable bonds is 6. The monoisotopic (exact) mass is 466 g/mol. The van der Waals surface area contributed by atoms with Crippen molar-refractivity contribution in [3.8, 4) is 11.3 Å². The fourth-order valence-corrected chi connectivity index (χ4v) is 4.57. The van der Waals surface area contributed by atoms with Crippen LogP contribution in [-0.2, 0) is 9.47 Å². The van der Waals surface area contributed by atoms with Crippen molar-refractivity contribution >= 4 is 22.5 Å². The summed E-state index contributed by atoms with van der Waals surface area (Å²) in [7, 11) is 0. The molecule has 8 nitrogen and oxygen atoms in total. The fraction of sp³-hybridized carbons (Fsp3) is 0.480. The first-order chi connectivity index (χ1) is 16.7. The van der Waals surface area contributed by atoms with Gasteiger partial charge in [-0.2, -0.15) is 0 Å². The molecule has 2 N–H and O–H groups in total. The molecule has 180 valence electrons. The number of halogens is 1. The molecule has 2 fully saturated rings. The van der Waals surface area contributed by atoms with Gasteiger partial charge >= 0.3 is 0 Å². The van der Waals surface area contributed by atoms with E-state index < -0.39 is 0 Å². The van der Waals surface area contributed by atoms with Crippen molar-refractivity contribution in [2.45, 2.75) is 25.4 Å². The Balaban J connectivity index is 1.45. The quantitative estimate of drug-likeness (QED) is 0.573. The van der Waals surface area contributed by atoms with E-state index in [4.69, 9.17) is 14.5 Å². The largest absolute Gasteiger partial charge is 0.380 e. The molecular weight excluding hydrogens is 435 g/mol. The van der Waals surface area contributed by atoms with Gasteiger partial charge in [0.25, 0.3) is 0 Å². The number of benzene rings is 1. The minimum atomic E-state index is -0.310. The van der Waals surface area contributed by atoms with Gasteiger partial charge in [-0.1, -0.05) is 13.0 Å². The van der Waals surface area contributed by atoms with Crippen LogP contribution in [0.5, 0.6) is 0 Å². The maximum atomic E-state index is 15.2. The minimum absolute atomic E-state index is 0.262. The summed E-state index contributed by atoms with van der Waals surface area (Å²) >= 11 is 0. The third-order valence-corrected chi connectivity index (χ3v) is 6.62.